The van der Waals surface area contributed by atoms with E-state index in [1.54, 1.807) is 11.8 Å². The van der Waals surface area contributed by atoms with Crippen LogP contribution in [0.5, 0.6) is 0 Å². The van der Waals surface area contributed by atoms with Crippen LogP contribution in [0.3, 0.4) is 0 Å². The Bertz CT molecular complexity index is 579. The van der Waals surface area contributed by atoms with Gasteiger partial charge in [-0.05, 0) is 12.5 Å². The maximum atomic E-state index is 12.5. The van der Waals surface area contributed by atoms with Crippen molar-refractivity contribution in [3.63, 3.8) is 0 Å². The van der Waals surface area contributed by atoms with Crippen LogP contribution in [0.1, 0.15) is 12.5 Å². The molecule has 23 heavy (non-hydrogen) atoms. The van der Waals surface area contributed by atoms with Gasteiger partial charge in [0.2, 0.25) is 0 Å². The molecule has 2 fully saturated rings. The molecule has 2 amide bonds. The number of amides is 2. The summed E-state index contributed by atoms with van der Waals surface area (Å²) in [6, 6.07) is 9.23. The third-order valence-electron chi connectivity index (χ3n) is 3.93. The van der Waals surface area contributed by atoms with Crippen LogP contribution in [0.15, 0.2) is 30.3 Å². The molecule has 0 aromatic heterocycles. The molecule has 2 N–H and O–H groups in total. The van der Waals surface area contributed by atoms with Crippen molar-refractivity contribution in [3.8, 4) is 0 Å². The zero-order valence-electron chi connectivity index (χ0n) is 12.8. The summed E-state index contributed by atoms with van der Waals surface area (Å²) in [5.41, 5.74) is 1.01. The van der Waals surface area contributed by atoms with Crippen LogP contribution in [0.25, 0.3) is 0 Å². The molecule has 3 rings (SSSR count). The lowest BCUT2D eigenvalue weighted by Crippen LogP contribution is -2.52. The summed E-state index contributed by atoms with van der Waals surface area (Å²) in [4.78, 5) is 26.4. The summed E-state index contributed by atoms with van der Waals surface area (Å²) in [7, 11) is 0. The third kappa shape index (κ3) is 3.36. The molecule has 2 bridgehead atoms. The van der Waals surface area contributed by atoms with Crippen LogP contribution in [0.4, 0.5) is 0 Å². The monoisotopic (exact) mass is 320 g/mol. The molecule has 0 radical (unpaired) electrons. The van der Waals surface area contributed by atoms with Crippen molar-refractivity contribution in [1.29, 1.82) is 0 Å². The Hall–Kier alpha value is -1.96. The van der Waals surface area contributed by atoms with E-state index in [2.05, 4.69) is 5.32 Å². The minimum absolute atomic E-state index is 0.179. The zero-order chi connectivity index (χ0) is 16.4. The van der Waals surface area contributed by atoms with Crippen LogP contribution in [0.2, 0.25) is 0 Å². The first-order valence-corrected chi connectivity index (χ1v) is 7.63. The topological polar surface area (TPSA) is 88.1 Å². The Morgan fingerprint density at radius 3 is 2.83 bits per heavy atom. The predicted molar refractivity (Wildman–Crippen MR) is 80.1 cm³/mol. The highest BCUT2D eigenvalue weighted by Crippen LogP contribution is 2.28. The fourth-order valence-electron chi connectivity index (χ4n) is 2.74. The summed E-state index contributed by atoms with van der Waals surface area (Å²) in [6.07, 6.45) is -2.49. The number of nitrogens with zero attached hydrogens (tertiary/aromatic N) is 1. The van der Waals surface area contributed by atoms with E-state index < -0.39 is 30.4 Å². The smallest absolute Gasteiger partial charge is 0.255 e. The number of fused-ring (bicyclic) bond motifs is 2. The van der Waals surface area contributed by atoms with Crippen LogP contribution < -0.4 is 5.32 Å². The van der Waals surface area contributed by atoms with Gasteiger partial charge in [0.15, 0.2) is 18.5 Å². The lowest BCUT2D eigenvalue weighted by atomic mass is 10.1. The minimum Gasteiger partial charge on any atom is -0.394 e. The summed E-state index contributed by atoms with van der Waals surface area (Å²) in [6.45, 7) is 2.25. The van der Waals surface area contributed by atoms with Gasteiger partial charge < -0.3 is 24.8 Å². The molecule has 124 valence electrons. The van der Waals surface area contributed by atoms with Gasteiger partial charge in [-0.1, -0.05) is 30.3 Å². The molecule has 1 aromatic rings. The Kier molecular flexibility index (Phi) is 4.61. The van der Waals surface area contributed by atoms with Crippen molar-refractivity contribution in [2.24, 2.45) is 0 Å². The van der Waals surface area contributed by atoms with E-state index in [4.69, 9.17) is 14.6 Å². The number of aliphatic hydroxyl groups excluding tert-OH is 1. The molecule has 0 aliphatic carbocycles. The summed E-state index contributed by atoms with van der Waals surface area (Å²) >= 11 is 0. The first kappa shape index (κ1) is 15.9. The molecule has 0 unspecified atom stereocenters. The number of morpholine rings is 1. The van der Waals surface area contributed by atoms with Crippen molar-refractivity contribution < 1.29 is 24.2 Å². The fraction of sp³-hybridized carbons (Fsp3) is 0.500. The highest BCUT2D eigenvalue weighted by Gasteiger charge is 2.51. The largest absolute Gasteiger partial charge is 0.394 e. The second-order valence-electron chi connectivity index (χ2n) is 5.84. The van der Waals surface area contributed by atoms with Gasteiger partial charge in [0.25, 0.3) is 11.8 Å². The predicted octanol–water partition coefficient (Wildman–Crippen LogP) is -0.364. The van der Waals surface area contributed by atoms with E-state index in [0.29, 0.717) is 13.1 Å². The summed E-state index contributed by atoms with van der Waals surface area (Å²) in [5.74, 6) is -0.687. The van der Waals surface area contributed by atoms with Gasteiger partial charge in [-0.15, -0.1) is 0 Å². The van der Waals surface area contributed by atoms with Crippen LogP contribution >= 0.6 is 0 Å². The summed E-state index contributed by atoms with van der Waals surface area (Å²) < 4.78 is 11.0. The molecule has 1 aromatic carbocycles. The lowest BCUT2D eigenvalue weighted by molar-refractivity contribution is -0.162. The number of ether oxygens (including phenoxy) is 2. The molecule has 7 heteroatoms. The Balaban J connectivity index is 1.67. The number of benzene rings is 1. The van der Waals surface area contributed by atoms with Gasteiger partial charge in [-0.2, -0.15) is 0 Å². The standard InChI is InChI=1S/C16H20N2O5/c1-10(9-19)17-15(20)13-14-16(21)18(8-12(22-13)23-14)7-11-5-3-2-4-6-11/h2-6,10,12-14,19H,7-9H2,1H3,(H,17,20)/t10-,12+,13+,14+/m0/s1. The Morgan fingerprint density at radius 1 is 1.39 bits per heavy atom. The molecule has 2 aliphatic rings. The van der Waals surface area contributed by atoms with Crippen LogP contribution in [-0.4, -0.2) is 59.5 Å². The molecular formula is C16H20N2O5. The number of carbonyl (C=O) groups excluding carboxylic acids is 2. The molecule has 0 spiro atoms. The Morgan fingerprint density at radius 2 is 2.13 bits per heavy atom. The average molecular weight is 320 g/mol. The SMILES string of the molecule is C[C@@H](CO)NC(=O)[C@@H]1O[C@H]2CN(Cc3ccccc3)C(=O)[C@@H]1O2. The number of rotatable bonds is 5. The van der Waals surface area contributed by atoms with Gasteiger partial charge in [-0.3, -0.25) is 9.59 Å². The van der Waals surface area contributed by atoms with Crippen molar-refractivity contribution in [2.45, 2.75) is 38.0 Å². The van der Waals surface area contributed by atoms with E-state index in [1.807, 2.05) is 30.3 Å². The molecule has 4 atom stereocenters. The first-order chi connectivity index (χ1) is 11.1. The second kappa shape index (κ2) is 6.66. The minimum atomic E-state index is -0.970. The maximum absolute atomic E-state index is 12.5. The van der Waals surface area contributed by atoms with E-state index >= 15 is 0 Å². The van der Waals surface area contributed by atoms with Gasteiger partial charge in [0.05, 0.1) is 13.2 Å². The molecule has 7 nitrogen and oxygen atoms in total. The number of hydrogen-bond donors (Lipinski definition) is 2. The van der Waals surface area contributed by atoms with Crippen molar-refractivity contribution in [3.05, 3.63) is 35.9 Å². The number of aliphatic hydroxyl groups is 1. The second-order valence-corrected chi connectivity index (χ2v) is 5.84. The third-order valence-corrected chi connectivity index (χ3v) is 3.93. The number of nitrogens with one attached hydrogen (secondary N) is 1. The van der Waals surface area contributed by atoms with Crippen LogP contribution in [-0.2, 0) is 25.6 Å². The van der Waals surface area contributed by atoms with Gasteiger partial charge >= 0.3 is 0 Å². The molecule has 2 heterocycles. The first-order valence-electron chi connectivity index (χ1n) is 7.63. The zero-order valence-corrected chi connectivity index (χ0v) is 12.8. The highest BCUT2D eigenvalue weighted by molar-refractivity contribution is 5.92. The highest BCUT2D eigenvalue weighted by atomic mass is 16.7. The van der Waals surface area contributed by atoms with E-state index in [9.17, 15) is 9.59 Å². The molecule has 2 saturated heterocycles. The number of hydrogen-bond acceptors (Lipinski definition) is 5. The van der Waals surface area contributed by atoms with E-state index in [0.717, 1.165) is 5.56 Å². The quantitative estimate of drug-likeness (QED) is 0.773. The molecular weight excluding hydrogens is 300 g/mol. The Labute approximate surface area is 134 Å². The number of carbonyl (C=O) groups is 2. The van der Waals surface area contributed by atoms with Crippen LogP contribution in [0, 0.1) is 0 Å². The van der Waals surface area contributed by atoms with Gasteiger partial charge in [-0.25, -0.2) is 0 Å². The van der Waals surface area contributed by atoms with E-state index in [-0.39, 0.29) is 12.5 Å². The van der Waals surface area contributed by atoms with Gasteiger partial charge in [0, 0.05) is 12.6 Å². The fourth-order valence-corrected chi connectivity index (χ4v) is 2.74. The van der Waals surface area contributed by atoms with Crippen molar-refractivity contribution >= 4 is 11.8 Å². The molecule has 0 saturated carbocycles. The normalized spacial score (nSPS) is 27.8. The maximum Gasteiger partial charge on any atom is 0.255 e. The van der Waals surface area contributed by atoms with Crippen molar-refractivity contribution in [2.75, 3.05) is 13.2 Å². The average Bonchev–Trinajstić information content (AvgIpc) is 2.93. The van der Waals surface area contributed by atoms with E-state index in [1.165, 1.54) is 0 Å². The lowest BCUT2D eigenvalue weighted by Gasteiger charge is -2.30. The van der Waals surface area contributed by atoms with Crippen molar-refractivity contribution in [1.82, 2.24) is 10.2 Å². The summed E-state index contributed by atoms with van der Waals surface area (Å²) in [5, 5.41) is 11.6. The van der Waals surface area contributed by atoms with Gasteiger partial charge in [0.1, 0.15) is 0 Å². The molecule has 2 aliphatic heterocycles.